The van der Waals surface area contributed by atoms with Gasteiger partial charge in [-0.05, 0) is 38.0 Å². The van der Waals surface area contributed by atoms with Crippen LogP contribution in [0.3, 0.4) is 0 Å². The van der Waals surface area contributed by atoms with Gasteiger partial charge < -0.3 is 0 Å². The minimum absolute atomic E-state index is 0.0901. The maximum Gasteiger partial charge on any atom is 0.170 e. The fourth-order valence-corrected chi connectivity index (χ4v) is 2.88. The lowest BCUT2D eigenvalue weighted by Crippen LogP contribution is -2.09. The summed E-state index contributed by atoms with van der Waals surface area (Å²) in [5.41, 5.74) is 2.33. The molecule has 1 fully saturated rings. The summed E-state index contributed by atoms with van der Waals surface area (Å²) in [6, 6.07) is 6.12. The summed E-state index contributed by atoms with van der Waals surface area (Å²) in [6.07, 6.45) is 9.05. The van der Waals surface area contributed by atoms with Crippen molar-refractivity contribution < 1.29 is 4.79 Å². The number of hydrogen-bond donors (Lipinski definition) is 0. The molecule has 2 aromatic heterocycles. The van der Waals surface area contributed by atoms with Crippen LogP contribution < -0.4 is 0 Å². The first kappa shape index (κ1) is 13.0. The van der Waals surface area contributed by atoms with Gasteiger partial charge in [0.15, 0.2) is 5.78 Å². The lowest BCUT2D eigenvalue weighted by molar-refractivity contribution is 0.0990. The maximum atomic E-state index is 12.3. The predicted molar refractivity (Wildman–Crippen MR) is 76.7 cm³/mol. The zero-order valence-electron chi connectivity index (χ0n) is 11.7. The normalized spacial score (nSPS) is 15.7. The second-order valence-corrected chi connectivity index (χ2v) is 5.46. The molecule has 0 aliphatic heterocycles. The molecule has 0 spiro atoms. The molecular formula is C16H19N3O. The molecular weight excluding hydrogens is 250 g/mol. The molecule has 1 aliphatic carbocycles. The van der Waals surface area contributed by atoms with Crippen molar-refractivity contribution in [3.8, 4) is 0 Å². The molecule has 4 nitrogen and oxygen atoms in total. The van der Waals surface area contributed by atoms with E-state index in [-0.39, 0.29) is 5.78 Å². The van der Waals surface area contributed by atoms with Gasteiger partial charge in [0.05, 0.1) is 18.2 Å². The fraction of sp³-hybridized carbons (Fsp3) is 0.438. The second-order valence-electron chi connectivity index (χ2n) is 5.46. The standard InChI is InChI=1S/C16H19N3O/c1-12-15(7-4-9-17-12)16(20)11-13-8-10-19(18-13)14-5-2-3-6-14/h4,7-10,14H,2-3,5-6,11H2,1H3. The first-order chi connectivity index (χ1) is 9.74. The summed E-state index contributed by atoms with van der Waals surface area (Å²) in [4.78, 5) is 16.4. The Labute approximate surface area is 118 Å². The summed E-state index contributed by atoms with van der Waals surface area (Å²) in [7, 11) is 0. The molecule has 0 N–H and O–H groups in total. The van der Waals surface area contributed by atoms with Crippen molar-refractivity contribution in [3.05, 3.63) is 47.5 Å². The molecule has 2 heterocycles. The monoisotopic (exact) mass is 269 g/mol. The number of aryl methyl sites for hydroxylation is 1. The van der Waals surface area contributed by atoms with Gasteiger partial charge in [0, 0.05) is 23.7 Å². The number of carbonyl (C=O) groups is 1. The molecule has 1 aliphatic rings. The first-order valence-corrected chi connectivity index (χ1v) is 7.23. The highest BCUT2D eigenvalue weighted by atomic mass is 16.1. The number of nitrogens with zero attached hydrogens (tertiary/aromatic N) is 3. The van der Waals surface area contributed by atoms with Crippen LogP contribution in [0.1, 0.15) is 53.5 Å². The average Bonchev–Trinajstić information content (AvgIpc) is 3.09. The Morgan fingerprint density at radius 1 is 1.35 bits per heavy atom. The molecule has 3 rings (SSSR count). The van der Waals surface area contributed by atoms with Gasteiger partial charge in [-0.2, -0.15) is 5.10 Å². The minimum atomic E-state index is 0.0901. The number of rotatable bonds is 4. The van der Waals surface area contributed by atoms with E-state index < -0.39 is 0 Å². The van der Waals surface area contributed by atoms with E-state index in [1.54, 1.807) is 12.3 Å². The largest absolute Gasteiger partial charge is 0.294 e. The van der Waals surface area contributed by atoms with Gasteiger partial charge in [-0.1, -0.05) is 12.8 Å². The Bertz CT molecular complexity index is 612. The van der Waals surface area contributed by atoms with E-state index in [4.69, 9.17) is 0 Å². The highest BCUT2D eigenvalue weighted by Crippen LogP contribution is 2.28. The molecule has 0 amide bonds. The molecule has 4 heteroatoms. The molecule has 104 valence electrons. The SMILES string of the molecule is Cc1ncccc1C(=O)Cc1ccn(C2CCCC2)n1. The van der Waals surface area contributed by atoms with E-state index >= 15 is 0 Å². The third kappa shape index (κ3) is 2.64. The van der Waals surface area contributed by atoms with Crippen LogP contribution in [0.2, 0.25) is 0 Å². The van der Waals surface area contributed by atoms with E-state index in [2.05, 4.69) is 10.1 Å². The van der Waals surface area contributed by atoms with Gasteiger partial charge in [0.2, 0.25) is 0 Å². The Hall–Kier alpha value is -1.97. The van der Waals surface area contributed by atoms with E-state index in [1.165, 1.54) is 25.7 Å². The Morgan fingerprint density at radius 3 is 2.90 bits per heavy atom. The third-order valence-electron chi connectivity index (χ3n) is 4.01. The lowest BCUT2D eigenvalue weighted by atomic mass is 10.1. The van der Waals surface area contributed by atoms with Crippen molar-refractivity contribution in [2.45, 2.75) is 45.1 Å². The zero-order chi connectivity index (χ0) is 13.9. The van der Waals surface area contributed by atoms with Crippen molar-refractivity contribution >= 4 is 5.78 Å². The smallest absolute Gasteiger partial charge is 0.170 e. The molecule has 1 saturated carbocycles. The Balaban J connectivity index is 1.72. The van der Waals surface area contributed by atoms with Crippen LogP contribution in [0.5, 0.6) is 0 Å². The number of Topliss-reactive ketones (excluding diaryl/α,β-unsaturated/α-hetero) is 1. The van der Waals surface area contributed by atoms with Crippen LogP contribution in [0, 0.1) is 6.92 Å². The van der Waals surface area contributed by atoms with Crippen molar-refractivity contribution in [2.75, 3.05) is 0 Å². The highest BCUT2D eigenvalue weighted by molar-refractivity contribution is 5.98. The number of ketones is 1. The van der Waals surface area contributed by atoms with Crippen molar-refractivity contribution in [3.63, 3.8) is 0 Å². The molecule has 0 atom stereocenters. The number of aromatic nitrogens is 3. The third-order valence-corrected chi connectivity index (χ3v) is 4.01. The van der Waals surface area contributed by atoms with E-state index in [0.29, 0.717) is 18.0 Å². The summed E-state index contributed by atoms with van der Waals surface area (Å²) < 4.78 is 2.03. The van der Waals surface area contributed by atoms with Gasteiger partial charge in [-0.3, -0.25) is 14.5 Å². The van der Waals surface area contributed by atoms with Crippen molar-refractivity contribution in [1.29, 1.82) is 0 Å². The van der Waals surface area contributed by atoms with Crippen molar-refractivity contribution in [2.24, 2.45) is 0 Å². The van der Waals surface area contributed by atoms with Crippen LogP contribution >= 0.6 is 0 Å². The van der Waals surface area contributed by atoms with Crippen LogP contribution in [0.15, 0.2) is 30.6 Å². The van der Waals surface area contributed by atoms with E-state index in [0.717, 1.165) is 11.4 Å². The van der Waals surface area contributed by atoms with Crippen LogP contribution in [0.4, 0.5) is 0 Å². The molecule has 0 saturated heterocycles. The number of pyridine rings is 1. The van der Waals surface area contributed by atoms with Crippen LogP contribution in [-0.2, 0) is 6.42 Å². The summed E-state index contributed by atoms with van der Waals surface area (Å²) in [5, 5.41) is 4.56. The van der Waals surface area contributed by atoms with E-state index in [9.17, 15) is 4.79 Å². The lowest BCUT2D eigenvalue weighted by Gasteiger charge is -2.08. The van der Waals surface area contributed by atoms with Gasteiger partial charge in [-0.25, -0.2) is 0 Å². The summed E-state index contributed by atoms with van der Waals surface area (Å²) in [5.74, 6) is 0.0901. The molecule has 0 aromatic carbocycles. The average molecular weight is 269 g/mol. The Morgan fingerprint density at radius 2 is 2.15 bits per heavy atom. The predicted octanol–water partition coefficient (Wildman–Crippen LogP) is 3.13. The highest BCUT2D eigenvalue weighted by Gasteiger charge is 2.18. The minimum Gasteiger partial charge on any atom is -0.294 e. The molecule has 0 unspecified atom stereocenters. The van der Waals surface area contributed by atoms with Gasteiger partial charge >= 0.3 is 0 Å². The number of hydrogen-bond acceptors (Lipinski definition) is 3. The zero-order valence-corrected chi connectivity index (χ0v) is 11.7. The molecule has 0 bridgehead atoms. The topological polar surface area (TPSA) is 47.8 Å². The van der Waals surface area contributed by atoms with Gasteiger partial charge in [0.25, 0.3) is 0 Å². The molecule has 20 heavy (non-hydrogen) atoms. The van der Waals surface area contributed by atoms with Gasteiger partial charge in [-0.15, -0.1) is 0 Å². The quantitative estimate of drug-likeness (QED) is 0.801. The Kier molecular flexibility index (Phi) is 3.63. The summed E-state index contributed by atoms with van der Waals surface area (Å²) >= 11 is 0. The summed E-state index contributed by atoms with van der Waals surface area (Å²) in [6.45, 7) is 1.87. The van der Waals surface area contributed by atoms with Crippen LogP contribution in [0.25, 0.3) is 0 Å². The van der Waals surface area contributed by atoms with Gasteiger partial charge in [0.1, 0.15) is 0 Å². The maximum absolute atomic E-state index is 12.3. The first-order valence-electron chi connectivity index (χ1n) is 7.23. The molecule has 0 radical (unpaired) electrons. The fourth-order valence-electron chi connectivity index (χ4n) is 2.88. The van der Waals surface area contributed by atoms with Crippen LogP contribution in [-0.4, -0.2) is 20.5 Å². The second kappa shape index (κ2) is 5.57. The van der Waals surface area contributed by atoms with E-state index in [1.807, 2.05) is 29.9 Å². The molecule has 2 aromatic rings. The van der Waals surface area contributed by atoms with Crippen molar-refractivity contribution in [1.82, 2.24) is 14.8 Å². The number of carbonyl (C=O) groups excluding carboxylic acids is 1.